The van der Waals surface area contributed by atoms with E-state index in [4.69, 9.17) is 9.72 Å². The number of hydrogen-bond acceptors (Lipinski definition) is 4. The molecule has 4 aromatic rings. The van der Waals surface area contributed by atoms with Crippen LogP contribution in [0.3, 0.4) is 0 Å². The second-order valence-corrected chi connectivity index (χ2v) is 6.95. The van der Waals surface area contributed by atoms with Crippen LogP contribution in [0.1, 0.15) is 17.3 Å². The van der Waals surface area contributed by atoms with Gasteiger partial charge in [-0.15, -0.1) is 11.3 Å². The summed E-state index contributed by atoms with van der Waals surface area (Å²) in [6, 6.07) is 23.0. The molecule has 1 N–H and O–H groups in total. The highest BCUT2D eigenvalue weighted by Crippen LogP contribution is 2.34. The van der Waals surface area contributed by atoms with Gasteiger partial charge in [-0.2, -0.15) is 0 Å². The van der Waals surface area contributed by atoms with E-state index in [-0.39, 0.29) is 5.91 Å². The smallest absolute Gasteiger partial charge is 0.259 e. The van der Waals surface area contributed by atoms with Crippen LogP contribution in [-0.4, -0.2) is 17.5 Å². The Hall–Kier alpha value is -3.18. The fraction of sp³-hybridized carbons (Fsp3) is 0.0909. The molecule has 0 aliphatic carbocycles. The maximum atomic E-state index is 12.9. The number of carbonyl (C=O) groups is 1. The van der Waals surface area contributed by atoms with Gasteiger partial charge in [0.05, 0.1) is 28.1 Å². The molecule has 0 aliphatic rings. The Morgan fingerprint density at radius 2 is 1.74 bits per heavy atom. The van der Waals surface area contributed by atoms with Crippen molar-refractivity contribution in [1.82, 2.24) is 4.98 Å². The topological polar surface area (TPSA) is 51.2 Å². The Balaban J connectivity index is 1.68. The number of nitrogens with zero attached hydrogens (tertiary/aromatic N) is 1. The fourth-order valence-corrected chi connectivity index (χ4v) is 3.90. The van der Waals surface area contributed by atoms with E-state index < -0.39 is 0 Å². The fourth-order valence-electron chi connectivity index (χ4n) is 2.89. The van der Waals surface area contributed by atoms with Gasteiger partial charge in [-0.1, -0.05) is 36.4 Å². The van der Waals surface area contributed by atoms with Crippen molar-refractivity contribution in [3.05, 3.63) is 78.4 Å². The predicted molar refractivity (Wildman–Crippen MR) is 111 cm³/mol. The summed E-state index contributed by atoms with van der Waals surface area (Å²) in [6.07, 6.45) is 0. The zero-order valence-electron chi connectivity index (χ0n) is 14.8. The van der Waals surface area contributed by atoms with Crippen LogP contribution < -0.4 is 10.1 Å². The van der Waals surface area contributed by atoms with Gasteiger partial charge in [-0.3, -0.25) is 4.79 Å². The zero-order chi connectivity index (χ0) is 18.6. The van der Waals surface area contributed by atoms with E-state index in [9.17, 15) is 4.79 Å². The molecule has 3 aromatic carbocycles. The van der Waals surface area contributed by atoms with Gasteiger partial charge in [0.1, 0.15) is 10.8 Å². The quantitative estimate of drug-likeness (QED) is 0.494. The highest BCUT2D eigenvalue weighted by molar-refractivity contribution is 7.21. The minimum absolute atomic E-state index is 0.201. The van der Waals surface area contributed by atoms with Crippen LogP contribution in [0.25, 0.3) is 20.8 Å². The van der Waals surface area contributed by atoms with Crippen molar-refractivity contribution >= 4 is 33.1 Å². The molecule has 1 amide bonds. The first-order valence-corrected chi connectivity index (χ1v) is 9.56. The first kappa shape index (κ1) is 17.2. The lowest BCUT2D eigenvalue weighted by Crippen LogP contribution is -2.14. The van der Waals surface area contributed by atoms with E-state index in [1.54, 1.807) is 23.5 Å². The molecule has 0 unspecified atom stereocenters. The van der Waals surface area contributed by atoms with Crippen LogP contribution in [0.15, 0.2) is 72.8 Å². The summed E-state index contributed by atoms with van der Waals surface area (Å²) < 4.78 is 6.70. The second kappa shape index (κ2) is 7.60. The Morgan fingerprint density at radius 3 is 2.59 bits per heavy atom. The van der Waals surface area contributed by atoms with E-state index >= 15 is 0 Å². The molecule has 4 nitrogen and oxygen atoms in total. The van der Waals surface area contributed by atoms with E-state index in [1.807, 2.05) is 61.5 Å². The Morgan fingerprint density at radius 1 is 1.00 bits per heavy atom. The standard InChI is InChI=1S/C22H18N2O2S/c1-2-26-19-13-7-4-10-16(19)21(25)23-17-11-5-3-9-15(17)22-24-18-12-6-8-14-20(18)27-22/h3-14H,2H2,1H3,(H,23,25). The van der Waals surface area contributed by atoms with Crippen molar-refractivity contribution in [2.45, 2.75) is 6.92 Å². The lowest BCUT2D eigenvalue weighted by Gasteiger charge is -2.12. The van der Waals surface area contributed by atoms with Crippen LogP contribution >= 0.6 is 11.3 Å². The minimum atomic E-state index is -0.201. The van der Waals surface area contributed by atoms with Crippen molar-refractivity contribution < 1.29 is 9.53 Å². The van der Waals surface area contributed by atoms with Crippen molar-refractivity contribution in [1.29, 1.82) is 0 Å². The third kappa shape index (κ3) is 3.55. The van der Waals surface area contributed by atoms with Crippen molar-refractivity contribution in [3.63, 3.8) is 0 Å². The molecular formula is C22H18N2O2S. The maximum absolute atomic E-state index is 12.9. The molecular weight excluding hydrogens is 356 g/mol. The molecule has 0 aliphatic heterocycles. The maximum Gasteiger partial charge on any atom is 0.259 e. The SMILES string of the molecule is CCOc1ccccc1C(=O)Nc1ccccc1-c1nc2ccccc2s1. The first-order valence-electron chi connectivity index (χ1n) is 8.74. The Labute approximate surface area is 161 Å². The lowest BCUT2D eigenvalue weighted by atomic mass is 10.1. The van der Waals surface area contributed by atoms with Gasteiger partial charge < -0.3 is 10.1 Å². The number of para-hydroxylation sites is 3. The minimum Gasteiger partial charge on any atom is -0.493 e. The third-order valence-corrected chi connectivity index (χ3v) is 5.20. The number of ether oxygens (including phenoxy) is 1. The molecule has 0 saturated carbocycles. The van der Waals surface area contributed by atoms with Crippen molar-refractivity contribution in [3.8, 4) is 16.3 Å². The Kier molecular flexibility index (Phi) is 4.85. The molecule has 0 radical (unpaired) electrons. The molecule has 27 heavy (non-hydrogen) atoms. The van der Waals surface area contributed by atoms with Gasteiger partial charge in [0.15, 0.2) is 0 Å². The number of fused-ring (bicyclic) bond motifs is 1. The molecule has 0 atom stereocenters. The molecule has 0 bridgehead atoms. The van der Waals surface area contributed by atoms with Gasteiger partial charge in [0, 0.05) is 5.56 Å². The van der Waals surface area contributed by atoms with Crippen LogP contribution in [0.2, 0.25) is 0 Å². The number of amides is 1. The van der Waals surface area contributed by atoms with Crippen molar-refractivity contribution in [2.75, 3.05) is 11.9 Å². The summed E-state index contributed by atoms with van der Waals surface area (Å²) in [6.45, 7) is 2.41. The molecule has 4 rings (SSSR count). The molecule has 0 fully saturated rings. The summed E-state index contributed by atoms with van der Waals surface area (Å²) >= 11 is 1.61. The number of nitrogens with one attached hydrogen (secondary N) is 1. The number of benzene rings is 3. The molecule has 1 aromatic heterocycles. The van der Waals surface area contributed by atoms with Crippen LogP contribution in [0.4, 0.5) is 5.69 Å². The van der Waals surface area contributed by atoms with Gasteiger partial charge in [-0.25, -0.2) is 4.98 Å². The molecule has 5 heteroatoms. The van der Waals surface area contributed by atoms with Gasteiger partial charge in [0.2, 0.25) is 0 Å². The number of aromatic nitrogens is 1. The number of hydrogen-bond donors (Lipinski definition) is 1. The number of anilines is 1. The molecule has 0 saturated heterocycles. The summed E-state index contributed by atoms with van der Waals surface area (Å²) in [5.41, 5.74) is 3.10. The summed E-state index contributed by atoms with van der Waals surface area (Å²) in [7, 11) is 0. The highest BCUT2D eigenvalue weighted by atomic mass is 32.1. The van der Waals surface area contributed by atoms with Gasteiger partial charge >= 0.3 is 0 Å². The van der Waals surface area contributed by atoms with Crippen LogP contribution in [-0.2, 0) is 0 Å². The lowest BCUT2D eigenvalue weighted by molar-refractivity contribution is 0.102. The monoisotopic (exact) mass is 374 g/mol. The number of carbonyl (C=O) groups excluding carboxylic acids is 1. The van der Waals surface area contributed by atoms with E-state index in [0.29, 0.717) is 17.9 Å². The normalized spacial score (nSPS) is 10.7. The van der Waals surface area contributed by atoms with E-state index in [1.165, 1.54) is 0 Å². The van der Waals surface area contributed by atoms with Gasteiger partial charge in [-0.05, 0) is 43.3 Å². The highest BCUT2D eigenvalue weighted by Gasteiger charge is 2.16. The van der Waals surface area contributed by atoms with Crippen molar-refractivity contribution in [2.24, 2.45) is 0 Å². The number of rotatable bonds is 5. The predicted octanol–water partition coefficient (Wildman–Crippen LogP) is 5.61. The largest absolute Gasteiger partial charge is 0.493 e. The third-order valence-electron chi connectivity index (χ3n) is 4.13. The average Bonchev–Trinajstić information content (AvgIpc) is 3.13. The van der Waals surface area contributed by atoms with E-state index in [0.717, 1.165) is 26.5 Å². The summed E-state index contributed by atoms with van der Waals surface area (Å²) in [5, 5.41) is 3.90. The summed E-state index contributed by atoms with van der Waals surface area (Å²) in [4.78, 5) is 17.6. The van der Waals surface area contributed by atoms with Gasteiger partial charge in [0.25, 0.3) is 5.91 Å². The van der Waals surface area contributed by atoms with Crippen LogP contribution in [0.5, 0.6) is 5.75 Å². The first-order chi connectivity index (χ1) is 13.3. The summed E-state index contributed by atoms with van der Waals surface area (Å²) in [5.74, 6) is 0.377. The number of thiazole rings is 1. The van der Waals surface area contributed by atoms with Crippen LogP contribution in [0, 0.1) is 0 Å². The van der Waals surface area contributed by atoms with E-state index in [2.05, 4.69) is 11.4 Å². The average molecular weight is 374 g/mol. The zero-order valence-corrected chi connectivity index (χ0v) is 15.6. The molecule has 134 valence electrons. The molecule has 1 heterocycles. The molecule has 0 spiro atoms. The second-order valence-electron chi connectivity index (χ2n) is 5.92. The Bertz CT molecular complexity index is 1070.